The molecular weight excluding hydrogens is 757 g/mol. The first-order valence-electron chi connectivity index (χ1n) is 21.5. The van der Waals surface area contributed by atoms with E-state index in [1.165, 1.54) is 56.0 Å². The predicted molar refractivity (Wildman–Crippen MR) is 252 cm³/mol. The number of nitrogens with zero attached hydrogens (tertiary/aromatic N) is 4. The molecule has 12 rings (SSSR count). The maximum absolute atomic E-state index is 6.71. The second-order valence-electron chi connectivity index (χ2n) is 17.2. The molecule has 0 fully saturated rings. The normalized spacial score (nSPS) is 14.9. The lowest BCUT2D eigenvalue weighted by Crippen LogP contribution is -2.31. The summed E-state index contributed by atoms with van der Waals surface area (Å²) >= 11 is 0. The highest BCUT2D eigenvalue weighted by molar-refractivity contribution is 6.09. The van der Waals surface area contributed by atoms with Gasteiger partial charge in [0.25, 0.3) is 0 Å². The van der Waals surface area contributed by atoms with Crippen LogP contribution < -0.4 is 4.90 Å². The standard InChI is InChI=1S/C57H42N4O/c1-57(2)48-27-14-15-28-50(48)61(41-21-10-5-11-22-41)51-35-46-40(34-49(51)57)33-39(42-23-12-13-24-43(42)46)31-36-29-30-52-47(32-36)44-25-16-26-45(53(44)62-52)56-59-54(37-17-6-3-7-18-37)58-55(60-56)38-19-8-4-9-20-38/h3-30,32,34-35,39H,31,33H2,1-2H3. The summed E-state index contributed by atoms with van der Waals surface area (Å²) in [4.78, 5) is 17.5. The topological polar surface area (TPSA) is 55.1 Å². The van der Waals surface area contributed by atoms with Gasteiger partial charge >= 0.3 is 0 Å². The van der Waals surface area contributed by atoms with Crippen LogP contribution in [0.15, 0.2) is 192 Å². The predicted octanol–water partition coefficient (Wildman–Crippen LogP) is 14.4. The molecule has 1 unspecified atom stereocenters. The monoisotopic (exact) mass is 798 g/mol. The van der Waals surface area contributed by atoms with Gasteiger partial charge in [-0.25, -0.2) is 15.0 Å². The molecule has 10 aromatic rings. The van der Waals surface area contributed by atoms with Crippen molar-refractivity contribution in [1.82, 2.24) is 15.0 Å². The minimum absolute atomic E-state index is 0.168. The summed E-state index contributed by atoms with van der Waals surface area (Å²) in [6.07, 6.45) is 1.87. The van der Waals surface area contributed by atoms with Crippen LogP contribution in [0.2, 0.25) is 0 Å². The molecule has 3 heterocycles. The Morgan fingerprint density at radius 2 is 1.18 bits per heavy atom. The van der Waals surface area contributed by atoms with Crippen molar-refractivity contribution in [2.24, 2.45) is 0 Å². The van der Waals surface area contributed by atoms with Crippen molar-refractivity contribution in [3.05, 3.63) is 216 Å². The molecule has 5 heteroatoms. The van der Waals surface area contributed by atoms with Gasteiger partial charge in [0.05, 0.1) is 16.9 Å². The summed E-state index contributed by atoms with van der Waals surface area (Å²) in [6, 6.07) is 67.0. The van der Waals surface area contributed by atoms with E-state index in [4.69, 9.17) is 19.4 Å². The molecule has 0 saturated carbocycles. The molecule has 0 bridgehead atoms. The van der Waals surface area contributed by atoms with E-state index in [-0.39, 0.29) is 5.41 Å². The maximum Gasteiger partial charge on any atom is 0.167 e. The molecule has 0 spiro atoms. The van der Waals surface area contributed by atoms with Gasteiger partial charge in [0.1, 0.15) is 11.2 Å². The molecule has 296 valence electrons. The molecule has 5 nitrogen and oxygen atoms in total. The highest BCUT2D eigenvalue weighted by atomic mass is 16.3. The number of fused-ring (bicyclic) bond motifs is 8. The molecule has 1 atom stereocenters. The Bertz CT molecular complexity index is 3280. The molecule has 0 amide bonds. The average Bonchev–Trinajstić information content (AvgIpc) is 3.70. The van der Waals surface area contributed by atoms with Gasteiger partial charge in [0, 0.05) is 33.0 Å². The molecule has 2 aromatic heterocycles. The molecule has 2 aliphatic rings. The fourth-order valence-corrected chi connectivity index (χ4v) is 10.1. The van der Waals surface area contributed by atoms with Crippen LogP contribution in [-0.4, -0.2) is 15.0 Å². The number of benzene rings is 8. The summed E-state index contributed by atoms with van der Waals surface area (Å²) in [7, 11) is 0. The van der Waals surface area contributed by atoms with Gasteiger partial charge in [0.2, 0.25) is 0 Å². The van der Waals surface area contributed by atoms with Crippen molar-refractivity contribution in [2.45, 2.75) is 38.0 Å². The van der Waals surface area contributed by atoms with Crippen LogP contribution in [0.4, 0.5) is 17.1 Å². The minimum atomic E-state index is -0.168. The number of aromatic nitrogens is 3. The second kappa shape index (κ2) is 14.2. The first-order valence-corrected chi connectivity index (χ1v) is 21.5. The van der Waals surface area contributed by atoms with Crippen molar-refractivity contribution >= 4 is 39.0 Å². The van der Waals surface area contributed by atoms with E-state index in [9.17, 15) is 0 Å². The third-order valence-electron chi connectivity index (χ3n) is 13.1. The average molecular weight is 799 g/mol. The zero-order valence-electron chi connectivity index (χ0n) is 34.6. The Labute approximate surface area is 361 Å². The number of rotatable bonds is 6. The Morgan fingerprint density at radius 1 is 0.532 bits per heavy atom. The molecule has 1 aliphatic carbocycles. The van der Waals surface area contributed by atoms with E-state index in [0.29, 0.717) is 23.4 Å². The van der Waals surface area contributed by atoms with Gasteiger partial charge in [-0.1, -0.05) is 159 Å². The lowest BCUT2D eigenvalue weighted by Gasteiger charge is -2.43. The van der Waals surface area contributed by atoms with Gasteiger partial charge < -0.3 is 9.32 Å². The number of anilines is 3. The summed E-state index contributed by atoms with van der Waals surface area (Å²) in [6.45, 7) is 4.77. The van der Waals surface area contributed by atoms with Crippen LogP contribution in [0.25, 0.3) is 67.2 Å². The molecule has 1 aliphatic heterocycles. The fourth-order valence-electron chi connectivity index (χ4n) is 10.1. The first kappa shape index (κ1) is 36.2. The van der Waals surface area contributed by atoms with E-state index < -0.39 is 0 Å². The Balaban J connectivity index is 0.933. The van der Waals surface area contributed by atoms with Crippen LogP contribution in [-0.2, 0) is 18.3 Å². The Morgan fingerprint density at radius 3 is 1.94 bits per heavy atom. The van der Waals surface area contributed by atoms with E-state index >= 15 is 0 Å². The smallest absolute Gasteiger partial charge is 0.167 e. The van der Waals surface area contributed by atoms with E-state index in [2.05, 4.69) is 146 Å². The molecule has 0 N–H and O–H groups in total. The van der Waals surface area contributed by atoms with E-state index in [1.54, 1.807) is 0 Å². The number of para-hydroxylation sites is 3. The number of hydrogen-bond donors (Lipinski definition) is 0. The quantitative estimate of drug-likeness (QED) is 0.168. The molecular formula is C57H42N4O. The van der Waals surface area contributed by atoms with Gasteiger partial charge in [-0.05, 0) is 100 Å². The van der Waals surface area contributed by atoms with Crippen LogP contribution in [0.5, 0.6) is 0 Å². The van der Waals surface area contributed by atoms with Crippen LogP contribution in [0.3, 0.4) is 0 Å². The number of hydrogen-bond acceptors (Lipinski definition) is 5. The highest BCUT2D eigenvalue weighted by Gasteiger charge is 2.39. The molecule has 8 aromatic carbocycles. The third-order valence-corrected chi connectivity index (χ3v) is 13.1. The van der Waals surface area contributed by atoms with Gasteiger partial charge in [-0.15, -0.1) is 0 Å². The van der Waals surface area contributed by atoms with Gasteiger partial charge in [-0.2, -0.15) is 0 Å². The Kier molecular flexibility index (Phi) is 8.33. The SMILES string of the molecule is CC1(C)c2ccccc2N(c2ccccc2)c2cc3c(cc21)CC(Cc1ccc2oc4c(-c5nc(-c6ccccc6)nc(-c6ccccc6)n5)cccc4c2c1)c1ccccc1-3. The molecule has 0 saturated heterocycles. The Hall–Kier alpha value is -7.63. The highest BCUT2D eigenvalue weighted by Crippen LogP contribution is 2.55. The zero-order chi connectivity index (χ0) is 41.4. The second-order valence-corrected chi connectivity index (χ2v) is 17.2. The van der Waals surface area contributed by atoms with Crippen LogP contribution in [0, 0.1) is 0 Å². The molecule has 62 heavy (non-hydrogen) atoms. The fraction of sp³-hybridized carbons (Fsp3) is 0.105. The lowest BCUT2D eigenvalue weighted by molar-refractivity contribution is 0.625. The summed E-state index contributed by atoms with van der Waals surface area (Å²) in [5.41, 5.74) is 17.3. The summed E-state index contributed by atoms with van der Waals surface area (Å²) < 4.78 is 6.71. The van der Waals surface area contributed by atoms with E-state index in [1.807, 2.05) is 60.7 Å². The van der Waals surface area contributed by atoms with Crippen molar-refractivity contribution in [3.63, 3.8) is 0 Å². The zero-order valence-corrected chi connectivity index (χ0v) is 34.6. The largest absolute Gasteiger partial charge is 0.455 e. The maximum atomic E-state index is 6.71. The summed E-state index contributed by atoms with van der Waals surface area (Å²) in [5, 5.41) is 2.15. The first-order chi connectivity index (χ1) is 30.5. The van der Waals surface area contributed by atoms with Crippen LogP contribution in [0.1, 0.15) is 47.6 Å². The van der Waals surface area contributed by atoms with Crippen molar-refractivity contribution < 1.29 is 4.42 Å². The van der Waals surface area contributed by atoms with Gasteiger partial charge in [0.15, 0.2) is 17.5 Å². The van der Waals surface area contributed by atoms with Crippen LogP contribution >= 0.6 is 0 Å². The third kappa shape index (κ3) is 5.88. The summed E-state index contributed by atoms with van der Waals surface area (Å²) in [5.74, 6) is 2.15. The minimum Gasteiger partial charge on any atom is -0.455 e. The molecule has 0 radical (unpaired) electrons. The van der Waals surface area contributed by atoms with Crippen molar-refractivity contribution in [1.29, 1.82) is 0 Å². The number of furan rings is 1. The van der Waals surface area contributed by atoms with Crippen molar-refractivity contribution in [2.75, 3.05) is 4.90 Å². The lowest BCUT2D eigenvalue weighted by atomic mass is 9.69. The van der Waals surface area contributed by atoms with E-state index in [0.717, 1.165) is 51.5 Å². The van der Waals surface area contributed by atoms with Gasteiger partial charge in [-0.3, -0.25) is 0 Å². The van der Waals surface area contributed by atoms with Crippen molar-refractivity contribution in [3.8, 4) is 45.3 Å².